The van der Waals surface area contributed by atoms with Gasteiger partial charge in [-0.05, 0) is 38.8 Å². The molecule has 2 aliphatic rings. The molecule has 2 rings (SSSR count). The van der Waals surface area contributed by atoms with E-state index in [1.54, 1.807) is 0 Å². The average Bonchev–Trinajstić information content (AvgIpc) is 2.65. The Balaban J connectivity index is 1.72. The second-order valence-electron chi connectivity index (χ2n) is 5.83. The van der Waals surface area contributed by atoms with Crippen LogP contribution in [0, 0.1) is 11.8 Å². The van der Waals surface area contributed by atoms with E-state index in [2.05, 4.69) is 35.9 Å². The molecule has 3 nitrogen and oxygen atoms in total. The SMILES string of the molecule is CC(C)N1CCN(C[C@@H]2CNC[C@H]2C)CC1. The number of hydrogen-bond donors (Lipinski definition) is 1. The van der Waals surface area contributed by atoms with Gasteiger partial charge in [0.25, 0.3) is 0 Å². The van der Waals surface area contributed by atoms with Crippen LogP contribution in [-0.4, -0.2) is 61.7 Å². The van der Waals surface area contributed by atoms with E-state index in [4.69, 9.17) is 0 Å². The zero-order chi connectivity index (χ0) is 11.5. The fourth-order valence-electron chi connectivity index (χ4n) is 2.90. The predicted molar refractivity (Wildman–Crippen MR) is 68.7 cm³/mol. The number of hydrogen-bond acceptors (Lipinski definition) is 3. The molecule has 0 aromatic heterocycles. The lowest BCUT2D eigenvalue weighted by atomic mass is 9.97. The first-order valence-electron chi connectivity index (χ1n) is 6.84. The molecule has 16 heavy (non-hydrogen) atoms. The summed E-state index contributed by atoms with van der Waals surface area (Å²) in [6.45, 7) is 15.8. The van der Waals surface area contributed by atoms with Gasteiger partial charge in [0.05, 0.1) is 0 Å². The minimum atomic E-state index is 0.717. The van der Waals surface area contributed by atoms with Crippen molar-refractivity contribution < 1.29 is 0 Å². The van der Waals surface area contributed by atoms with E-state index in [9.17, 15) is 0 Å². The van der Waals surface area contributed by atoms with Crippen LogP contribution in [0.4, 0.5) is 0 Å². The number of rotatable bonds is 3. The highest BCUT2D eigenvalue weighted by Crippen LogP contribution is 2.18. The third-order valence-electron chi connectivity index (χ3n) is 4.31. The van der Waals surface area contributed by atoms with E-state index < -0.39 is 0 Å². The normalized spacial score (nSPS) is 33.8. The molecule has 2 fully saturated rings. The van der Waals surface area contributed by atoms with Crippen molar-refractivity contribution in [2.75, 3.05) is 45.8 Å². The molecule has 2 aliphatic heterocycles. The Labute approximate surface area is 100 Å². The number of piperazine rings is 1. The van der Waals surface area contributed by atoms with Crippen LogP contribution in [0.1, 0.15) is 20.8 Å². The molecule has 2 atom stereocenters. The summed E-state index contributed by atoms with van der Waals surface area (Å²) in [5.41, 5.74) is 0. The van der Waals surface area contributed by atoms with Crippen LogP contribution in [0.2, 0.25) is 0 Å². The number of nitrogens with one attached hydrogen (secondary N) is 1. The van der Waals surface area contributed by atoms with Crippen LogP contribution in [0.5, 0.6) is 0 Å². The van der Waals surface area contributed by atoms with Crippen molar-refractivity contribution in [3.63, 3.8) is 0 Å². The summed E-state index contributed by atoms with van der Waals surface area (Å²) in [5.74, 6) is 1.74. The van der Waals surface area contributed by atoms with Gasteiger partial charge in [0, 0.05) is 38.8 Å². The van der Waals surface area contributed by atoms with Gasteiger partial charge < -0.3 is 10.2 Å². The molecule has 0 aromatic rings. The Morgan fingerprint density at radius 3 is 2.31 bits per heavy atom. The molecule has 0 spiro atoms. The summed E-state index contributed by atoms with van der Waals surface area (Å²) in [4.78, 5) is 5.25. The maximum absolute atomic E-state index is 3.50. The maximum atomic E-state index is 3.50. The van der Waals surface area contributed by atoms with Gasteiger partial charge in [-0.25, -0.2) is 0 Å². The van der Waals surface area contributed by atoms with Gasteiger partial charge in [-0.1, -0.05) is 6.92 Å². The van der Waals surface area contributed by atoms with Crippen LogP contribution in [0.15, 0.2) is 0 Å². The van der Waals surface area contributed by atoms with Gasteiger partial charge in [-0.2, -0.15) is 0 Å². The van der Waals surface area contributed by atoms with Crippen LogP contribution in [0.3, 0.4) is 0 Å². The topological polar surface area (TPSA) is 18.5 Å². The molecule has 0 aliphatic carbocycles. The minimum absolute atomic E-state index is 0.717. The monoisotopic (exact) mass is 225 g/mol. The maximum Gasteiger partial charge on any atom is 0.0113 e. The van der Waals surface area contributed by atoms with Crippen molar-refractivity contribution in [2.24, 2.45) is 11.8 Å². The van der Waals surface area contributed by atoms with E-state index in [0.717, 1.165) is 11.8 Å². The molecule has 0 amide bonds. The second kappa shape index (κ2) is 5.48. The molecule has 0 radical (unpaired) electrons. The second-order valence-corrected chi connectivity index (χ2v) is 5.83. The van der Waals surface area contributed by atoms with E-state index >= 15 is 0 Å². The summed E-state index contributed by atoms with van der Waals surface area (Å²) < 4.78 is 0. The molecule has 2 heterocycles. The number of nitrogens with zero attached hydrogens (tertiary/aromatic N) is 2. The summed E-state index contributed by atoms with van der Waals surface area (Å²) in [5, 5.41) is 3.50. The lowest BCUT2D eigenvalue weighted by Gasteiger charge is -2.38. The van der Waals surface area contributed by atoms with E-state index in [-0.39, 0.29) is 0 Å². The van der Waals surface area contributed by atoms with Crippen molar-refractivity contribution in [2.45, 2.75) is 26.8 Å². The van der Waals surface area contributed by atoms with Crippen molar-refractivity contribution in [3.05, 3.63) is 0 Å². The first-order chi connectivity index (χ1) is 7.66. The molecule has 0 unspecified atom stereocenters. The zero-order valence-corrected chi connectivity index (χ0v) is 11.1. The van der Waals surface area contributed by atoms with Gasteiger partial charge in [-0.3, -0.25) is 4.90 Å². The fourth-order valence-corrected chi connectivity index (χ4v) is 2.90. The quantitative estimate of drug-likeness (QED) is 0.769. The molecule has 3 heteroatoms. The van der Waals surface area contributed by atoms with E-state index in [1.807, 2.05) is 0 Å². The Morgan fingerprint density at radius 1 is 1.12 bits per heavy atom. The third-order valence-corrected chi connectivity index (χ3v) is 4.31. The van der Waals surface area contributed by atoms with Crippen molar-refractivity contribution in [1.29, 1.82) is 0 Å². The molecular formula is C13H27N3. The molecule has 0 aromatic carbocycles. The zero-order valence-electron chi connectivity index (χ0n) is 11.1. The Hall–Kier alpha value is -0.120. The van der Waals surface area contributed by atoms with Gasteiger partial charge in [0.15, 0.2) is 0 Å². The Morgan fingerprint density at radius 2 is 1.81 bits per heavy atom. The summed E-state index contributed by atoms with van der Waals surface area (Å²) in [6.07, 6.45) is 0. The lowest BCUT2D eigenvalue weighted by molar-refractivity contribution is 0.0944. The van der Waals surface area contributed by atoms with E-state index in [0.29, 0.717) is 6.04 Å². The largest absolute Gasteiger partial charge is 0.316 e. The summed E-state index contributed by atoms with van der Waals surface area (Å²) in [7, 11) is 0. The fraction of sp³-hybridized carbons (Fsp3) is 1.00. The average molecular weight is 225 g/mol. The van der Waals surface area contributed by atoms with E-state index in [1.165, 1.54) is 45.8 Å². The molecule has 0 bridgehead atoms. The molecular weight excluding hydrogens is 198 g/mol. The Bertz CT molecular complexity index is 209. The van der Waals surface area contributed by atoms with Gasteiger partial charge in [0.1, 0.15) is 0 Å². The third kappa shape index (κ3) is 2.96. The Kier molecular flexibility index (Phi) is 4.22. The molecule has 94 valence electrons. The van der Waals surface area contributed by atoms with Crippen LogP contribution in [-0.2, 0) is 0 Å². The molecule has 0 saturated carbocycles. The molecule has 1 N–H and O–H groups in total. The lowest BCUT2D eigenvalue weighted by Crippen LogP contribution is -2.50. The summed E-state index contributed by atoms with van der Waals surface area (Å²) >= 11 is 0. The smallest absolute Gasteiger partial charge is 0.0113 e. The minimum Gasteiger partial charge on any atom is -0.316 e. The standard InChI is InChI=1S/C13H27N3/c1-11(2)16-6-4-15(5-7-16)10-13-9-14-8-12(13)3/h11-14H,4-10H2,1-3H3/t12-,13+/m1/s1. The first-order valence-corrected chi connectivity index (χ1v) is 6.84. The van der Waals surface area contributed by atoms with Crippen LogP contribution < -0.4 is 5.32 Å². The van der Waals surface area contributed by atoms with Gasteiger partial charge in [-0.15, -0.1) is 0 Å². The highest BCUT2D eigenvalue weighted by Gasteiger charge is 2.27. The van der Waals surface area contributed by atoms with Crippen molar-refractivity contribution in [1.82, 2.24) is 15.1 Å². The van der Waals surface area contributed by atoms with Crippen molar-refractivity contribution >= 4 is 0 Å². The van der Waals surface area contributed by atoms with Crippen LogP contribution in [0.25, 0.3) is 0 Å². The van der Waals surface area contributed by atoms with Gasteiger partial charge in [0.2, 0.25) is 0 Å². The van der Waals surface area contributed by atoms with Gasteiger partial charge >= 0.3 is 0 Å². The van der Waals surface area contributed by atoms with Crippen molar-refractivity contribution in [3.8, 4) is 0 Å². The van der Waals surface area contributed by atoms with Crippen LogP contribution >= 0.6 is 0 Å². The summed E-state index contributed by atoms with van der Waals surface area (Å²) in [6, 6.07) is 0.717. The highest BCUT2D eigenvalue weighted by molar-refractivity contribution is 4.83. The molecule has 2 saturated heterocycles. The predicted octanol–water partition coefficient (Wildman–Crippen LogP) is 0.868. The highest BCUT2D eigenvalue weighted by atomic mass is 15.3. The first kappa shape index (κ1) is 12.3.